The molecule has 3 aliphatic heterocycles. The van der Waals surface area contributed by atoms with Gasteiger partial charge in [0.15, 0.2) is 0 Å². The van der Waals surface area contributed by atoms with Gasteiger partial charge in [0.1, 0.15) is 18.3 Å². The van der Waals surface area contributed by atoms with Crippen LogP contribution in [0.2, 0.25) is 0 Å². The zero-order chi connectivity index (χ0) is 29.3. The minimum absolute atomic E-state index is 0.0307. The number of halogens is 1. The number of ether oxygens (including phenoxy) is 2. The molecule has 1 N–H and O–H groups in total. The molecule has 4 heterocycles. The molecule has 220 valence electrons. The maximum absolute atomic E-state index is 14.6. The second-order valence-electron chi connectivity index (χ2n) is 11.9. The topological polar surface area (TPSA) is 111 Å². The summed E-state index contributed by atoms with van der Waals surface area (Å²) in [6, 6.07) is 7.87. The van der Waals surface area contributed by atoms with Crippen molar-refractivity contribution in [3.63, 3.8) is 0 Å². The standard InChI is InChI=1S/C32H36FN5O4/c1-32(20-34)11-7-23(25(33)16-32)19-42-30-4-2-3-26(36-30)21-8-12-37(13-9-21)18-29-35-27-6-5-22(31(39)40)15-28(27)38(29)17-24-10-14-41-24/h2-5,7,11,15,21,24,27H,6,8-10,12-14,16-19H2,1H3,(H,39,40)/t24-,27?,32?/m0/s1. The van der Waals surface area contributed by atoms with Crippen LogP contribution in [0, 0.1) is 16.7 Å². The number of carbonyl (C=O) groups is 1. The number of nitrogens with zero attached hydrogens (tertiary/aromatic N) is 5. The molecule has 6 rings (SSSR count). The Morgan fingerprint density at radius 1 is 1.31 bits per heavy atom. The van der Waals surface area contributed by atoms with Crippen molar-refractivity contribution in [2.45, 2.75) is 57.1 Å². The van der Waals surface area contributed by atoms with E-state index in [1.165, 1.54) is 0 Å². The van der Waals surface area contributed by atoms with E-state index < -0.39 is 11.4 Å². The van der Waals surface area contributed by atoms with Crippen molar-refractivity contribution in [3.8, 4) is 11.9 Å². The van der Waals surface area contributed by atoms with Gasteiger partial charge in [-0.15, -0.1) is 0 Å². The lowest BCUT2D eigenvalue weighted by Gasteiger charge is -2.36. The van der Waals surface area contributed by atoms with Crippen LogP contribution < -0.4 is 4.74 Å². The van der Waals surface area contributed by atoms with Crippen molar-refractivity contribution in [2.24, 2.45) is 10.4 Å². The number of aliphatic carboxylic acids is 1. The molecule has 2 unspecified atom stereocenters. The van der Waals surface area contributed by atoms with E-state index in [2.05, 4.69) is 15.9 Å². The molecule has 0 aromatic carbocycles. The van der Waals surface area contributed by atoms with Crippen LogP contribution >= 0.6 is 0 Å². The molecule has 2 fully saturated rings. The molecule has 0 radical (unpaired) electrons. The Bertz CT molecular complexity index is 1430. The third kappa shape index (κ3) is 6.03. The molecule has 2 saturated heterocycles. The van der Waals surface area contributed by atoms with E-state index >= 15 is 0 Å². The van der Waals surface area contributed by atoms with Gasteiger partial charge in [0, 0.05) is 42.0 Å². The zero-order valence-electron chi connectivity index (χ0n) is 23.8. The Morgan fingerprint density at radius 2 is 2.12 bits per heavy atom. The molecular weight excluding hydrogens is 537 g/mol. The fraction of sp³-hybridized carbons (Fsp3) is 0.500. The second kappa shape index (κ2) is 11.8. The summed E-state index contributed by atoms with van der Waals surface area (Å²) in [5, 5.41) is 18.8. The van der Waals surface area contributed by atoms with Crippen molar-refractivity contribution in [1.29, 1.82) is 5.26 Å². The minimum atomic E-state index is -0.905. The average molecular weight is 574 g/mol. The summed E-state index contributed by atoms with van der Waals surface area (Å²) in [5.41, 5.74) is 1.90. The van der Waals surface area contributed by atoms with Crippen LogP contribution in [0.1, 0.15) is 50.6 Å². The smallest absolute Gasteiger partial charge is 0.335 e. The fourth-order valence-corrected chi connectivity index (χ4v) is 6.12. The summed E-state index contributed by atoms with van der Waals surface area (Å²) in [6.07, 6.45) is 10.6. The summed E-state index contributed by atoms with van der Waals surface area (Å²) in [7, 11) is 0. The number of hydrogen-bond donors (Lipinski definition) is 1. The molecule has 3 atom stereocenters. The summed E-state index contributed by atoms with van der Waals surface area (Å²) in [6.45, 7) is 5.77. The van der Waals surface area contributed by atoms with Crippen LogP contribution in [0.15, 0.2) is 70.2 Å². The molecule has 2 aliphatic carbocycles. The van der Waals surface area contributed by atoms with Crippen molar-refractivity contribution < 1.29 is 23.8 Å². The highest BCUT2D eigenvalue weighted by Gasteiger charge is 2.37. The predicted molar refractivity (Wildman–Crippen MR) is 154 cm³/mol. The van der Waals surface area contributed by atoms with Gasteiger partial charge in [-0.25, -0.2) is 14.2 Å². The number of pyridine rings is 1. The number of piperidine rings is 1. The van der Waals surface area contributed by atoms with Crippen molar-refractivity contribution in [2.75, 3.05) is 39.4 Å². The summed E-state index contributed by atoms with van der Waals surface area (Å²) in [5.74, 6) is 0.533. The third-order valence-electron chi connectivity index (χ3n) is 8.83. The second-order valence-corrected chi connectivity index (χ2v) is 11.9. The van der Waals surface area contributed by atoms with Gasteiger partial charge in [0.05, 0.1) is 42.3 Å². The van der Waals surface area contributed by atoms with E-state index in [9.17, 15) is 19.6 Å². The van der Waals surface area contributed by atoms with E-state index in [0.29, 0.717) is 42.5 Å². The number of aliphatic imine (C=N–C) groups is 1. The lowest BCUT2D eigenvalue weighted by atomic mass is 9.83. The molecule has 10 heteroatoms. The van der Waals surface area contributed by atoms with Gasteiger partial charge >= 0.3 is 5.97 Å². The fourth-order valence-electron chi connectivity index (χ4n) is 6.12. The van der Waals surface area contributed by atoms with Gasteiger partial charge in [0.25, 0.3) is 0 Å². The van der Waals surface area contributed by atoms with Crippen LogP contribution in [0.4, 0.5) is 4.39 Å². The molecule has 1 aromatic rings. The SMILES string of the molecule is CC1(C#N)C=CC(COc2cccc(C3CCN(CC4=NC5CC=C(C(=O)O)C=C5N4C[C@@H]4CCO4)CC3)n2)=C(F)C1. The van der Waals surface area contributed by atoms with E-state index in [0.717, 1.165) is 56.2 Å². The third-order valence-corrected chi connectivity index (χ3v) is 8.83. The van der Waals surface area contributed by atoms with Gasteiger partial charge in [-0.3, -0.25) is 9.89 Å². The number of nitriles is 1. The summed E-state index contributed by atoms with van der Waals surface area (Å²) >= 11 is 0. The number of carboxylic acid groups (broad SMARTS) is 1. The lowest BCUT2D eigenvalue weighted by molar-refractivity contribution is -0.132. The number of amidine groups is 1. The number of aromatic nitrogens is 1. The van der Waals surface area contributed by atoms with Crippen LogP contribution in [0.25, 0.3) is 0 Å². The van der Waals surface area contributed by atoms with Crippen LogP contribution in [-0.2, 0) is 9.53 Å². The normalized spacial score (nSPS) is 27.9. The Labute approximate surface area is 245 Å². The van der Waals surface area contributed by atoms with Gasteiger partial charge < -0.3 is 19.5 Å². The van der Waals surface area contributed by atoms with Crippen LogP contribution in [0.5, 0.6) is 5.88 Å². The lowest BCUT2D eigenvalue weighted by Crippen LogP contribution is -2.46. The molecular formula is C32H36FN5O4. The predicted octanol–water partition coefficient (Wildman–Crippen LogP) is 4.52. The molecule has 1 aromatic heterocycles. The van der Waals surface area contributed by atoms with E-state index in [1.807, 2.05) is 12.1 Å². The number of hydrogen-bond acceptors (Lipinski definition) is 8. The molecule has 0 spiro atoms. The van der Waals surface area contributed by atoms with Crippen molar-refractivity contribution in [3.05, 3.63) is 70.9 Å². The maximum atomic E-state index is 14.6. The molecule has 0 bridgehead atoms. The highest BCUT2D eigenvalue weighted by molar-refractivity contribution is 5.93. The van der Waals surface area contributed by atoms with Crippen molar-refractivity contribution >= 4 is 11.8 Å². The molecule has 9 nitrogen and oxygen atoms in total. The largest absolute Gasteiger partial charge is 0.478 e. The highest BCUT2D eigenvalue weighted by atomic mass is 19.1. The van der Waals surface area contributed by atoms with E-state index in [4.69, 9.17) is 19.5 Å². The first-order chi connectivity index (χ1) is 20.3. The number of rotatable bonds is 9. The van der Waals surface area contributed by atoms with Gasteiger partial charge in [-0.1, -0.05) is 24.3 Å². The number of likely N-dealkylation sites (tertiary alicyclic amines) is 1. The number of carboxylic acids is 1. The van der Waals surface area contributed by atoms with Crippen molar-refractivity contribution in [1.82, 2.24) is 14.8 Å². The molecule has 5 aliphatic rings. The maximum Gasteiger partial charge on any atom is 0.335 e. The molecule has 42 heavy (non-hydrogen) atoms. The Kier molecular flexibility index (Phi) is 7.97. The van der Waals surface area contributed by atoms with Crippen LogP contribution in [-0.4, -0.2) is 83.2 Å². The van der Waals surface area contributed by atoms with Crippen LogP contribution in [0.3, 0.4) is 0 Å². The first kappa shape index (κ1) is 28.3. The average Bonchev–Trinajstić information content (AvgIpc) is 3.30. The van der Waals surface area contributed by atoms with Gasteiger partial charge in [-0.05, 0) is 57.8 Å². The first-order valence-electron chi connectivity index (χ1n) is 14.7. The summed E-state index contributed by atoms with van der Waals surface area (Å²) < 4.78 is 26.1. The summed E-state index contributed by atoms with van der Waals surface area (Å²) in [4.78, 5) is 26.0. The Hall–Kier alpha value is -3.81. The Morgan fingerprint density at radius 3 is 2.81 bits per heavy atom. The van der Waals surface area contributed by atoms with Gasteiger partial charge in [0.2, 0.25) is 5.88 Å². The number of allylic oxidation sites excluding steroid dienone is 2. The highest BCUT2D eigenvalue weighted by Crippen LogP contribution is 2.35. The monoisotopic (exact) mass is 573 g/mol. The quantitative estimate of drug-likeness (QED) is 0.459. The minimum Gasteiger partial charge on any atom is -0.478 e. The molecule has 0 amide bonds. The first-order valence-corrected chi connectivity index (χ1v) is 14.7. The number of fused-ring (bicyclic) bond motifs is 1. The van der Waals surface area contributed by atoms with E-state index in [-0.39, 0.29) is 31.0 Å². The molecule has 0 saturated carbocycles. The van der Waals surface area contributed by atoms with Gasteiger partial charge in [-0.2, -0.15) is 5.26 Å². The Balaban J connectivity index is 1.05. The van der Waals surface area contributed by atoms with E-state index in [1.54, 1.807) is 37.3 Å². The zero-order valence-corrected chi connectivity index (χ0v) is 23.8.